The SMILES string of the molecule is CCCCN(/C=C/C=C(C#N)C#N)CC(=O)OCc1ccccc1. The number of unbranched alkanes of at least 4 members (excludes halogenated alkanes) is 1. The number of rotatable bonds is 9. The van der Waals surface area contributed by atoms with Gasteiger partial charge in [-0.25, -0.2) is 0 Å². The van der Waals surface area contributed by atoms with Crippen molar-refractivity contribution in [2.75, 3.05) is 13.1 Å². The lowest BCUT2D eigenvalue weighted by Gasteiger charge is -2.19. The van der Waals surface area contributed by atoms with Gasteiger partial charge in [0.2, 0.25) is 0 Å². The summed E-state index contributed by atoms with van der Waals surface area (Å²) < 4.78 is 5.27. The van der Waals surface area contributed by atoms with Gasteiger partial charge in [-0.2, -0.15) is 10.5 Å². The van der Waals surface area contributed by atoms with E-state index in [0.717, 1.165) is 18.4 Å². The Morgan fingerprint density at radius 1 is 1.25 bits per heavy atom. The van der Waals surface area contributed by atoms with Crippen LogP contribution in [0, 0.1) is 22.7 Å². The Hall–Kier alpha value is -3.05. The second-order valence-electron chi connectivity index (χ2n) is 5.12. The Kier molecular flexibility index (Phi) is 9.11. The third-order valence-electron chi connectivity index (χ3n) is 3.17. The third-order valence-corrected chi connectivity index (χ3v) is 3.17. The van der Waals surface area contributed by atoms with E-state index in [1.165, 1.54) is 6.08 Å². The van der Waals surface area contributed by atoms with E-state index in [0.29, 0.717) is 6.54 Å². The van der Waals surface area contributed by atoms with Crippen molar-refractivity contribution >= 4 is 5.97 Å². The highest BCUT2D eigenvalue weighted by Gasteiger charge is 2.08. The van der Waals surface area contributed by atoms with Crippen LogP contribution in [0.2, 0.25) is 0 Å². The van der Waals surface area contributed by atoms with E-state index in [4.69, 9.17) is 15.3 Å². The fourth-order valence-electron chi connectivity index (χ4n) is 1.88. The summed E-state index contributed by atoms with van der Waals surface area (Å²) in [6.45, 7) is 3.15. The molecule has 124 valence electrons. The molecule has 0 radical (unpaired) electrons. The smallest absolute Gasteiger partial charge is 0.325 e. The normalized spacial score (nSPS) is 9.79. The third kappa shape index (κ3) is 7.82. The van der Waals surface area contributed by atoms with Crippen molar-refractivity contribution in [3.8, 4) is 12.1 Å². The number of carbonyl (C=O) groups excluding carboxylic acids is 1. The van der Waals surface area contributed by atoms with Crippen LogP contribution >= 0.6 is 0 Å². The fraction of sp³-hybridized carbons (Fsp3) is 0.316. The van der Waals surface area contributed by atoms with Gasteiger partial charge in [0, 0.05) is 6.54 Å². The highest BCUT2D eigenvalue weighted by molar-refractivity contribution is 5.71. The van der Waals surface area contributed by atoms with Gasteiger partial charge in [0.25, 0.3) is 0 Å². The number of carbonyl (C=O) groups is 1. The van der Waals surface area contributed by atoms with Crippen molar-refractivity contribution in [2.45, 2.75) is 26.4 Å². The van der Waals surface area contributed by atoms with Gasteiger partial charge in [-0.3, -0.25) is 4.79 Å². The summed E-state index contributed by atoms with van der Waals surface area (Å²) in [6.07, 6.45) is 6.66. The molecule has 1 aromatic carbocycles. The lowest BCUT2D eigenvalue weighted by Crippen LogP contribution is -2.27. The first kappa shape index (κ1) is 19.0. The summed E-state index contributed by atoms with van der Waals surface area (Å²) in [5.74, 6) is -0.315. The predicted molar refractivity (Wildman–Crippen MR) is 91.2 cm³/mol. The van der Waals surface area contributed by atoms with Crippen molar-refractivity contribution in [3.05, 3.63) is 59.8 Å². The lowest BCUT2D eigenvalue weighted by atomic mass is 10.2. The van der Waals surface area contributed by atoms with Crippen LogP contribution in [0.4, 0.5) is 0 Å². The zero-order chi connectivity index (χ0) is 17.6. The van der Waals surface area contributed by atoms with Crippen molar-refractivity contribution in [2.24, 2.45) is 0 Å². The van der Waals surface area contributed by atoms with Crippen LogP contribution in [0.5, 0.6) is 0 Å². The largest absolute Gasteiger partial charge is 0.459 e. The molecule has 0 unspecified atom stereocenters. The minimum atomic E-state index is -0.315. The molecule has 0 saturated carbocycles. The molecule has 24 heavy (non-hydrogen) atoms. The summed E-state index contributed by atoms with van der Waals surface area (Å²) in [7, 11) is 0. The molecular formula is C19H21N3O2. The molecule has 0 fully saturated rings. The molecule has 0 aliphatic rings. The molecule has 0 amide bonds. The van der Waals surface area contributed by atoms with E-state index in [1.807, 2.05) is 35.2 Å². The predicted octanol–water partition coefficient (Wildman–Crippen LogP) is 3.32. The quantitative estimate of drug-likeness (QED) is 0.396. The molecule has 0 N–H and O–H groups in total. The number of nitrogens with zero attached hydrogens (tertiary/aromatic N) is 3. The maximum absolute atomic E-state index is 12.0. The summed E-state index contributed by atoms with van der Waals surface area (Å²) in [5, 5.41) is 17.4. The molecule has 5 heteroatoms. The molecule has 0 spiro atoms. The molecule has 1 aromatic rings. The summed E-state index contributed by atoms with van der Waals surface area (Å²) >= 11 is 0. The van der Waals surface area contributed by atoms with E-state index in [9.17, 15) is 4.79 Å². The Balaban J connectivity index is 2.56. The molecule has 0 saturated heterocycles. The standard InChI is InChI=1S/C19H21N3O2/c1-2-3-11-22(12-7-10-18(13-20)14-21)15-19(23)24-16-17-8-5-4-6-9-17/h4-10,12H,2-3,11,15-16H2,1H3/b12-7+. The van der Waals surface area contributed by atoms with Gasteiger partial charge in [-0.15, -0.1) is 0 Å². The molecular weight excluding hydrogens is 302 g/mol. The van der Waals surface area contributed by atoms with E-state index in [-0.39, 0.29) is 24.7 Å². The summed E-state index contributed by atoms with van der Waals surface area (Å²) in [5.41, 5.74) is 0.963. The molecule has 0 aliphatic heterocycles. The van der Waals surface area contributed by atoms with E-state index >= 15 is 0 Å². The fourth-order valence-corrected chi connectivity index (χ4v) is 1.88. The molecule has 0 heterocycles. The molecule has 0 bridgehead atoms. The monoisotopic (exact) mass is 323 g/mol. The Labute approximate surface area is 143 Å². The first-order valence-electron chi connectivity index (χ1n) is 7.82. The first-order chi connectivity index (χ1) is 11.7. The van der Waals surface area contributed by atoms with Gasteiger partial charge in [0.15, 0.2) is 0 Å². The van der Waals surface area contributed by atoms with Crippen LogP contribution in [0.3, 0.4) is 0 Å². The second kappa shape index (κ2) is 11.5. The minimum Gasteiger partial charge on any atom is -0.459 e. The maximum atomic E-state index is 12.0. The Morgan fingerprint density at radius 3 is 2.58 bits per heavy atom. The number of benzene rings is 1. The topological polar surface area (TPSA) is 77.1 Å². The van der Waals surface area contributed by atoms with Crippen LogP contribution in [-0.4, -0.2) is 24.0 Å². The second-order valence-corrected chi connectivity index (χ2v) is 5.12. The van der Waals surface area contributed by atoms with E-state index < -0.39 is 0 Å². The van der Waals surface area contributed by atoms with Gasteiger partial charge in [0.1, 0.15) is 30.9 Å². The lowest BCUT2D eigenvalue weighted by molar-refractivity contribution is -0.145. The number of esters is 1. The highest BCUT2D eigenvalue weighted by Crippen LogP contribution is 2.03. The average molecular weight is 323 g/mol. The number of hydrogen-bond acceptors (Lipinski definition) is 5. The molecule has 0 aliphatic carbocycles. The maximum Gasteiger partial charge on any atom is 0.325 e. The van der Waals surface area contributed by atoms with Crippen LogP contribution in [0.15, 0.2) is 54.3 Å². The number of hydrogen-bond donors (Lipinski definition) is 0. The molecule has 0 atom stereocenters. The van der Waals surface area contributed by atoms with E-state index in [2.05, 4.69) is 6.92 Å². The summed E-state index contributed by atoms with van der Waals surface area (Å²) in [4.78, 5) is 13.8. The van der Waals surface area contributed by atoms with Crippen molar-refractivity contribution < 1.29 is 9.53 Å². The highest BCUT2D eigenvalue weighted by atomic mass is 16.5. The van der Waals surface area contributed by atoms with Crippen LogP contribution in [0.1, 0.15) is 25.3 Å². The van der Waals surface area contributed by atoms with Crippen LogP contribution in [-0.2, 0) is 16.1 Å². The van der Waals surface area contributed by atoms with Gasteiger partial charge >= 0.3 is 5.97 Å². The Bertz CT molecular complexity index is 635. The van der Waals surface area contributed by atoms with Gasteiger partial charge in [0.05, 0.1) is 0 Å². The molecule has 5 nitrogen and oxygen atoms in total. The van der Waals surface area contributed by atoms with Crippen LogP contribution < -0.4 is 0 Å². The van der Waals surface area contributed by atoms with Crippen molar-refractivity contribution in [3.63, 3.8) is 0 Å². The average Bonchev–Trinajstić information content (AvgIpc) is 2.62. The summed E-state index contributed by atoms with van der Waals surface area (Å²) in [6, 6.07) is 13.1. The molecule has 0 aromatic heterocycles. The zero-order valence-corrected chi connectivity index (χ0v) is 13.8. The van der Waals surface area contributed by atoms with Crippen molar-refractivity contribution in [1.29, 1.82) is 10.5 Å². The van der Waals surface area contributed by atoms with Crippen molar-refractivity contribution in [1.82, 2.24) is 4.90 Å². The van der Waals surface area contributed by atoms with Gasteiger partial charge in [-0.1, -0.05) is 43.7 Å². The van der Waals surface area contributed by atoms with Gasteiger partial charge < -0.3 is 9.64 Å². The number of allylic oxidation sites excluding steroid dienone is 3. The number of ether oxygens (including phenoxy) is 1. The Morgan fingerprint density at radius 2 is 1.96 bits per heavy atom. The first-order valence-corrected chi connectivity index (χ1v) is 7.82. The van der Waals surface area contributed by atoms with Gasteiger partial charge in [-0.05, 0) is 30.3 Å². The number of nitriles is 2. The van der Waals surface area contributed by atoms with Crippen LogP contribution in [0.25, 0.3) is 0 Å². The minimum absolute atomic E-state index is 0.0216. The molecule has 1 rings (SSSR count). The van der Waals surface area contributed by atoms with E-state index in [1.54, 1.807) is 24.4 Å². The zero-order valence-electron chi connectivity index (χ0n) is 13.8.